The molecule has 3 heteroatoms. The van der Waals surface area contributed by atoms with Gasteiger partial charge in [0.05, 0.1) is 13.2 Å². The van der Waals surface area contributed by atoms with Crippen LogP contribution in [0.25, 0.3) is 0 Å². The van der Waals surface area contributed by atoms with Crippen LogP contribution in [0, 0.1) is 0 Å². The van der Waals surface area contributed by atoms with Crippen LogP contribution in [0.15, 0.2) is 0 Å². The van der Waals surface area contributed by atoms with Gasteiger partial charge in [0.2, 0.25) is 0 Å². The van der Waals surface area contributed by atoms with E-state index < -0.39 is 0 Å². The van der Waals surface area contributed by atoms with Gasteiger partial charge in [-0.3, -0.25) is 4.90 Å². The third-order valence-electron chi connectivity index (χ3n) is 3.12. The second kappa shape index (κ2) is 8.08. The molecule has 1 saturated heterocycles. The van der Waals surface area contributed by atoms with Crippen LogP contribution < -0.4 is 5.32 Å². The molecule has 3 nitrogen and oxygen atoms in total. The fourth-order valence-electron chi connectivity index (χ4n) is 2.13. The zero-order valence-electron chi connectivity index (χ0n) is 10.3. The Balaban J connectivity index is 2.03. The highest BCUT2D eigenvalue weighted by molar-refractivity contribution is 4.67. The Kier molecular flexibility index (Phi) is 6.98. The van der Waals surface area contributed by atoms with Gasteiger partial charge < -0.3 is 10.1 Å². The smallest absolute Gasteiger partial charge is 0.0594 e. The zero-order chi connectivity index (χ0) is 10.9. The first-order valence-corrected chi connectivity index (χ1v) is 6.40. The monoisotopic (exact) mass is 214 g/mol. The zero-order valence-corrected chi connectivity index (χ0v) is 10.3. The topological polar surface area (TPSA) is 24.5 Å². The molecule has 0 radical (unpaired) electrons. The molecule has 0 bridgehead atoms. The average Bonchev–Trinajstić information content (AvgIpc) is 2.29. The summed E-state index contributed by atoms with van der Waals surface area (Å²) in [6.45, 7) is 10.9. The molecule has 0 spiro atoms. The van der Waals surface area contributed by atoms with E-state index in [1.165, 1.54) is 25.8 Å². The minimum Gasteiger partial charge on any atom is -0.379 e. The van der Waals surface area contributed by atoms with Crippen LogP contribution in [-0.4, -0.2) is 50.3 Å². The Morgan fingerprint density at radius 2 is 2.00 bits per heavy atom. The van der Waals surface area contributed by atoms with Gasteiger partial charge in [0.25, 0.3) is 0 Å². The third kappa shape index (κ3) is 5.50. The standard InChI is InChI=1S/C12H26N2O/c1-3-12(13-4-2)6-5-7-14-8-10-15-11-9-14/h12-13H,3-11H2,1-2H3. The van der Waals surface area contributed by atoms with Crippen LogP contribution >= 0.6 is 0 Å². The maximum atomic E-state index is 5.33. The quantitative estimate of drug-likeness (QED) is 0.695. The van der Waals surface area contributed by atoms with E-state index in [9.17, 15) is 0 Å². The van der Waals surface area contributed by atoms with Gasteiger partial charge in [0.1, 0.15) is 0 Å². The lowest BCUT2D eigenvalue weighted by Gasteiger charge is -2.27. The van der Waals surface area contributed by atoms with E-state index in [2.05, 4.69) is 24.1 Å². The number of hydrogen-bond donors (Lipinski definition) is 1. The molecule has 0 aromatic carbocycles. The van der Waals surface area contributed by atoms with Gasteiger partial charge in [-0.2, -0.15) is 0 Å². The van der Waals surface area contributed by atoms with Gasteiger partial charge in [-0.25, -0.2) is 0 Å². The Morgan fingerprint density at radius 3 is 2.60 bits per heavy atom. The lowest BCUT2D eigenvalue weighted by molar-refractivity contribution is 0.0368. The highest BCUT2D eigenvalue weighted by Crippen LogP contribution is 2.04. The van der Waals surface area contributed by atoms with Crippen molar-refractivity contribution in [3.05, 3.63) is 0 Å². The molecule has 1 aliphatic heterocycles. The van der Waals surface area contributed by atoms with Crippen LogP contribution in [0.2, 0.25) is 0 Å². The number of hydrogen-bond acceptors (Lipinski definition) is 3. The highest BCUT2D eigenvalue weighted by Gasteiger charge is 2.10. The molecule has 1 atom stereocenters. The summed E-state index contributed by atoms with van der Waals surface area (Å²) in [5.41, 5.74) is 0. The highest BCUT2D eigenvalue weighted by atomic mass is 16.5. The molecule has 1 N–H and O–H groups in total. The van der Waals surface area contributed by atoms with Crippen molar-refractivity contribution >= 4 is 0 Å². The van der Waals surface area contributed by atoms with Crippen molar-refractivity contribution in [2.75, 3.05) is 39.4 Å². The van der Waals surface area contributed by atoms with E-state index >= 15 is 0 Å². The van der Waals surface area contributed by atoms with Gasteiger partial charge in [-0.15, -0.1) is 0 Å². The van der Waals surface area contributed by atoms with Gasteiger partial charge in [-0.05, 0) is 32.4 Å². The molecular formula is C12H26N2O. The number of ether oxygens (including phenoxy) is 1. The molecule has 15 heavy (non-hydrogen) atoms. The molecule has 1 fully saturated rings. The molecule has 0 aromatic heterocycles. The Bertz CT molecular complexity index is 142. The fourth-order valence-corrected chi connectivity index (χ4v) is 2.13. The van der Waals surface area contributed by atoms with Gasteiger partial charge in [-0.1, -0.05) is 13.8 Å². The normalized spacial score (nSPS) is 20.4. The molecule has 1 heterocycles. The van der Waals surface area contributed by atoms with Crippen molar-refractivity contribution in [3.8, 4) is 0 Å². The number of nitrogens with one attached hydrogen (secondary N) is 1. The first-order valence-electron chi connectivity index (χ1n) is 6.40. The Morgan fingerprint density at radius 1 is 1.27 bits per heavy atom. The Labute approximate surface area is 94.2 Å². The minimum atomic E-state index is 0.719. The van der Waals surface area contributed by atoms with Crippen molar-refractivity contribution in [1.29, 1.82) is 0 Å². The molecular weight excluding hydrogens is 188 g/mol. The van der Waals surface area contributed by atoms with Crippen LogP contribution in [0.1, 0.15) is 33.1 Å². The van der Waals surface area contributed by atoms with Gasteiger partial charge >= 0.3 is 0 Å². The van der Waals surface area contributed by atoms with Crippen molar-refractivity contribution in [1.82, 2.24) is 10.2 Å². The van der Waals surface area contributed by atoms with Crippen molar-refractivity contribution in [2.45, 2.75) is 39.2 Å². The molecule has 0 saturated carbocycles. The molecule has 0 amide bonds. The predicted molar refractivity (Wildman–Crippen MR) is 64.2 cm³/mol. The fraction of sp³-hybridized carbons (Fsp3) is 1.00. The van der Waals surface area contributed by atoms with Crippen LogP contribution in [0.5, 0.6) is 0 Å². The van der Waals surface area contributed by atoms with Gasteiger partial charge in [0, 0.05) is 19.1 Å². The maximum Gasteiger partial charge on any atom is 0.0594 e. The van der Waals surface area contributed by atoms with Crippen LogP contribution in [-0.2, 0) is 4.74 Å². The molecule has 1 rings (SSSR count). The second-order valence-electron chi connectivity index (χ2n) is 4.26. The summed E-state index contributed by atoms with van der Waals surface area (Å²) in [4.78, 5) is 2.52. The van der Waals surface area contributed by atoms with E-state index in [4.69, 9.17) is 4.74 Å². The van der Waals surface area contributed by atoms with Crippen molar-refractivity contribution < 1.29 is 4.74 Å². The van der Waals surface area contributed by atoms with E-state index in [-0.39, 0.29) is 0 Å². The molecule has 1 unspecified atom stereocenters. The van der Waals surface area contributed by atoms with E-state index in [1.807, 2.05) is 0 Å². The number of nitrogens with zero attached hydrogens (tertiary/aromatic N) is 1. The van der Waals surface area contributed by atoms with E-state index in [0.717, 1.165) is 38.9 Å². The Hall–Kier alpha value is -0.120. The van der Waals surface area contributed by atoms with E-state index in [1.54, 1.807) is 0 Å². The number of rotatable bonds is 7. The molecule has 1 aliphatic rings. The predicted octanol–water partition coefficient (Wildman–Crippen LogP) is 1.49. The molecule has 0 aliphatic carbocycles. The first kappa shape index (κ1) is 12.9. The van der Waals surface area contributed by atoms with Gasteiger partial charge in [0.15, 0.2) is 0 Å². The third-order valence-corrected chi connectivity index (χ3v) is 3.12. The van der Waals surface area contributed by atoms with Crippen LogP contribution in [0.4, 0.5) is 0 Å². The number of morpholine rings is 1. The summed E-state index contributed by atoms with van der Waals surface area (Å²) in [5, 5.41) is 3.53. The van der Waals surface area contributed by atoms with Crippen LogP contribution in [0.3, 0.4) is 0 Å². The maximum absolute atomic E-state index is 5.33. The minimum absolute atomic E-state index is 0.719. The average molecular weight is 214 g/mol. The molecule has 90 valence electrons. The SMILES string of the molecule is CCNC(CC)CCCN1CCOCC1. The largest absolute Gasteiger partial charge is 0.379 e. The summed E-state index contributed by atoms with van der Waals surface area (Å²) in [5.74, 6) is 0. The lowest BCUT2D eigenvalue weighted by Crippen LogP contribution is -2.37. The second-order valence-corrected chi connectivity index (χ2v) is 4.26. The van der Waals surface area contributed by atoms with E-state index in [0.29, 0.717) is 0 Å². The first-order chi connectivity index (χ1) is 7.36. The summed E-state index contributed by atoms with van der Waals surface area (Å²) >= 11 is 0. The van der Waals surface area contributed by atoms with Crippen molar-refractivity contribution in [3.63, 3.8) is 0 Å². The lowest BCUT2D eigenvalue weighted by atomic mass is 10.1. The summed E-state index contributed by atoms with van der Waals surface area (Å²) in [6.07, 6.45) is 3.87. The van der Waals surface area contributed by atoms with Crippen molar-refractivity contribution in [2.24, 2.45) is 0 Å². The molecule has 0 aromatic rings. The summed E-state index contributed by atoms with van der Waals surface area (Å²) in [6, 6.07) is 0.719. The summed E-state index contributed by atoms with van der Waals surface area (Å²) < 4.78 is 5.33. The summed E-state index contributed by atoms with van der Waals surface area (Å²) in [7, 11) is 0.